The van der Waals surface area contributed by atoms with Crippen LogP contribution in [0.2, 0.25) is 0 Å². The molecule has 0 aromatic heterocycles. The van der Waals surface area contributed by atoms with Crippen molar-refractivity contribution in [3.63, 3.8) is 0 Å². The van der Waals surface area contributed by atoms with Gasteiger partial charge in [0.2, 0.25) is 5.91 Å². The van der Waals surface area contributed by atoms with Crippen molar-refractivity contribution in [2.24, 2.45) is 11.1 Å². The van der Waals surface area contributed by atoms with Crippen LogP contribution in [0.5, 0.6) is 0 Å². The molecule has 0 aliphatic heterocycles. The molecule has 1 rings (SSSR count). The van der Waals surface area contributed by atoms with E-state index in [1.54, 1.807) is 0 Å². The third-order valence-electron chi connectivity index (χ3n) is 4.14. The number of primary amides is 1. The van der Waals surface area contributed by atoms with Crippen LogP contribution in [0, 0.1) is 5.41 Å². The lowest BCUT2D eigenvalue weighted by Crippen LogP contribution is -2.19. The molecule has 0 heterocycles. The standard InChI is InChI=1S/C20H29NO/c1-15(8-6-9-16(2)14-19(21)22)11-12-18-17(3)10-7-13-20(18,4)5/h6,8-9,11-12,14H,7,10,13H2,1-5H3,(H2,21,22)/b9-6+,12-11?,15-8?,16-14+. The number of nitrogens with two attached hydrogens (primary N) is 1. The van der Waals surface area contributed by atoms with Crippen LogP contribution in [-0.2, 0) is 4.79 Å². The lowest BCUT2D eigenvalue weighted by Gasteiger charge is -2.32. The van der Waals surface area contributed by atoms with Crippen LogP contribution in [0.1, 0.15) is 53.9 Å². The van der Waals surface area contributed by atoms with Crippen molar-refractivity contribution >= 4 is 5.91 Å². The largest absolute Gasteiger partial charge is 0.366 e. The quantitative estimate of drug-likeness (QED) is 0.563. The molecule has 2 nitrogen and oxygen atoms in total. The Kier molecular flexibility index (Phi) is 6.61. The van der Waals surface area contributed by atoms with Crippen molar-refractivity contribution in [1.82, 2.24) is 0 Å². The van der Waals surface area contributed by atoms with E-state index in [2.05, 4.69) is 39.8 Å². The minimum absolute atomic E-state index is 0.274. The first kappa shape index (κ1) is 18.2. The van der Waals surface area contributed by atoms with Gasteiger partial charge in [0.1, 0.15) is 0 Å². The van der Waals surface area contributed by atoms with Crippen molar-refractivity contribution in [2.45, 2.75) is 53.9 Å². The Labute approximate surface area is 135 Å². The molecule has 1 aliphatic carbocycles. The van der Waals surface area contributed by atoms with E-state index in [-0.39, 0.29) is 5.41 Å². The summed E-state index contributed by atoms with van der Waals surface area (Å²) in [7, 11) is 0. The average molecular weight is 299 g/mol. The topological polar surface area (TPSA) is 43.1 Å². The summed E-state index contributed by atoms with van der Waals surface area (Å²) >= 11 is 0. The maximum absolute atomic E-state index is 10.8. The minimum Gasteiger partial charge on any atom is -0.366 e. The molecular weight excluding hydrogens is 270 g/mol. The van der Waals surface area contributed by atoms with E-state index in [4.69, 9.17) is 5.73 Å². The van der Waals surface area contributed by atoms with Crippen molar-refractivity contribution in [3.8, 4) is 0 Å². The summed E-state index contributed by atoms with van der Waals surface area (Å²) in [6, 6.07) is 0. The van der Waals surface area contributed by atoms with Gasteiger partial charge >= 0.3 is 0 Å². The maximum atomic E-state index is 10.8. The highest BCUT2D eigenvalue weighted by atomic mass is 16.1. The summed E-state index contributed by atoms with van der Waals surface area (Å²) in [6.07, 6.45) is 15.5. The highest BCUT2D eigenvalue weighted by Gasteiger charge is 2.26. The monoisotopic (exact) mass is 299 g/mol. The van der Waals surface area contributed by atoms with Gasteiger partial charge in [0.05, 0.1) is 0 Å². The molecule has 0 unspecified atom stereocenters. The van der Waals surface area contributed by atoms with Crippen molar-refractivity contribution in [3.05, 3.63) is 58.7 Å². The molecule has 120 valence electrons. The Bertz CT molecular complexity index is 569. The second-order valence-electron chi connectivity index (χ2n) is 6.83. The van der Waals surface area contributed by atoms with Crippen LogP contribution < -0.4 is 5.73 Å². The molecule has 0 aromatic carbocycles. The number of carbonyl (C=O) groups is 1. The zero-order chi connectivity index (χ0) is 16.8. The molecule has 0 bridgehead atoms. The first-order chi connectivity index (χ1) is 10.2. The Morgan fingerprint density at radius 1 is 1.18 bits per heavy atom. The first-order valence-corrected chi connectivity index (χ1v) is 7.93. The van der Waals surface area contributed by atoms with Gasteiger partial charge in [0, 0.05) is 6.08 Å². The average Bonchev–Trinajstić information content (AvgIpc) is 2.36. The van der Waals surface area contributed by atoms with Gasteiger partial charge < -0.3 is 5.73 Å². The third kappa shape index (κ3) is 5.88. The third-order valence-corrected chi connectivity index (χ3v) is 4.14. The van der Waals surface area contributed by atoms with Gasteiger partial charge in [-0.3, -0.25) is 4.79 Å². The minimum atomic E-state index is -0.412. The summed E-state index contributed by atoms with van der Waals surface area (Å²) in [4.78, 5) is 10.8. The number of hydrogen-bond donors (Lipinski definition) is 1. The molecule has 0 fully saturated rings. The predicted octanol–water partition coefficient (Wildman–Crippen LogP) is 5.00. The molecule has 1 amide bonds. The van der Waals surface area contributed by atoms with E-state index in [1.807, 2.05) is 25.2 Å². The molecule has 0 saturated heterocycles. The highest BCUT2D eigenvalue weighted by molar-refractivity contribution is 5.86. The van der Waals surface area contributed by atoms with E-state index in [0.717, 1.165) is 5.57 Å². The lowest BCUT2D eigenvalue weighted by atomic mass is 9.72. The number of amides is 1. The SMILES string of the molecule is CC(C=CC1=C(C)CCCC1(C)C)=C/C=C/C(C)=C/C(N)=O. The molecule has 2 heteroatoms. The zero-order valence-electron chi connectivity index (χ0n) is 14.6. The van der Waals surface area contributed by atoms with Crippen LogP contribution >= 0.6 is 0 Å². The van der Waals surface area contributed by atoms with Crippen molar-refractivity contribution in [2.75, 3.05) is 0 Å². The van der Waals surface area contributed by atoms with E-state index >= 15 is 0 Å². The van der Waals surface area contributed by atoms with Gasteiger partial charge in [-0.25, -0.2) is 0 Å². The fraction of sp³-hybridized carbons (Fsp3) is 0.450. The van der Waals surface area contributed by atoms with Gasteiger partial charge in [-0.1, -0.05) is 55.4 Å². The summed E-state index contributed by atoms with van der Waals surface area (Å²) < 4.78 is 0. The molecule has 0 spiro atoms. The Hall–Kier alpha value is -1.83. The molecule has 0 radical (unpaired) electrons. The molecule has 0 saturated carbocycles. The maximum Gasteiger partial charge on any atom is 0.241 e. The molecule has 0 atom stereocenters. The Morgan fingerprint density at radius 2 is 1.86 bits per heavy atom. The Balaban J connectivity index is 2.79. The molecular formula is C20H29NO. The van der Waals surface area contributed by atoms with Crippen LogP contribution in [0.25, 0.3) is 0 Å². The highest BCUT2D eigenvalue weighted by Crippen LogP contribution is 2.40. The summed E-state index contributed by atoms with van der Waals surface area (Å²) in [5.41, 5.74) is 10.4. The van der Waals surface area contributed by atoms with Gasteiger partial charge in [0.15, 0.2) is 0 Å². The normalized spacial score (nSPS) is 20.2. The van der Waals surface area contributed by atoms with Crippen molar-refractivity contribution < 1.29 is 4.79 Å². The Morgan fingerprint density at radius 3 is 2.45 bits per heavy atom. The molecule has 22 heavy (non-hydrogen) atoms. The fourth-order valence-electron chi connectivity index (χ4n) is 2.90. The molecule has 2 N–H and O–H groups in total. The smallest absolute Gasteiger partial charge is 0.241 e. The van der Waals surface area contributed by atoms with Gasteiger partial charge in [0.25, 0.3) is 0 Å². The first-order valence-electron chi connectivity index (χ1n) is 7.93. The van der Waals surface area contributed by atoms with Gasteiger partial charge in [-0.05, 0) is 56.6 Å². The van der Waals surface area contributed by atoms with Gasteiger partial charge in [-0.2, -0.15) is 0 Å². The number of rotatable bonds is 5. The molecule has 1 aliphatic rings. The lowest BCUT2D eigenvalue weighted by molar-refractivity contribution is -0.113. The predicted molar refractivity (Wildman–Crippen MR) is 95.3 cm³/mol. The summed E-state index contributed by atoms with van der Waals surface area (Å²) in [6.45, 7) is 10.8. The number of carbonyl (C=O) groups excluding carboxylic acids is 1. The van der Waals surface area contributed by atoms with Crippen LogP contribution in [0.15, 0.2) is 58.7 Å². The number of hydrogen-bond acceptors (Lipinski definition) is 1. The van der Waals surface area contributed by atoms with E-state index < -0.39 is 5.91 Å². The van der Waals surface area contributed by atoms with Gasteiger partial charge in [-0.15, -0.1) is 0 Å². The molecule has 0 aromatic rings. The van der Waals surface area contributed by atoms with E-state index in [1.165, 1.54) is 42.1 Å². The second kappa shape index (κ2) is 7.98. The summed E-state index contributed by atoms with van der Waals surface area (Å²) in [5, 5.41) is 0. The van der Waals surface area contributed by atoms with E-state index in [9.17, 15) is 4.79 Å². The number of allylic oxidation sites excluding steroid dienone is 9. The second-order valence-corrected chi connectivity index (χ2v) is 6.83. The van der Waals surface area contributed by atoms with Crippen LogP contribution in [0.4, 0.5) is 0 Å². The van der Waals surface area contributed by atoms with Crippen LogP contribution in [0.3, 0.4) is 0 Å². The van der Waals surface area contributed by atoms with E-state index in [0.29, 0.717) is 0 Å². The fourth-order valence-corrected chi connectivity index (χ4v) is 2.90. The van der Waals surface area contributed by atoms with Crippen LogP contribution in [-0.4, -0.2) is 5.91 Å². The zero-order valence-corrected chi connectivity index (χ0v) is 14.6. The summed E-state index contributed by atoms with van der Waals surface area (Å²) in [5.74, 6) is -0.412. The van der Waals surface area contributed by atoms with Crippen molar-refractivity contribution in [1.29, 1.82) is 0 Å².